The molecule has 0 saturated heterocycles. The Kier molecular flexibility index (Phi) is 3.39. The summed E-state index contributed by atoms with van der Waals surface area (Å²) in [6.07, 6.45) is 0.588. The van der Waals surface area contributed by atoms with E-state index in [-0.39, 0.29) is 5.69 Å². The maximum absolute atomic E-state index is 11.4. The van der Waals surface area contributed by atoms with E-state index in [4.69, 9.17) is 4.74 Å². The van der Waals surface area contributed by atoms with Gasteiger partial charge in [0.2, 0.25) is 0 Å². The van der Waals surface area contributed by atoms with Gasteiger partial charge in [0.15, 0.2) is 5.69 Å². The number of hydrogen-bond donors (Lipinski definition) is 2. The van der Waals surface area contributed by atoms with Crippen LogP contribution in [0.5, 0.6) is 5.75 Å². The Morgan fingerprint density at radius 1 is 1.38 bits per heavy atom. The van der Waals surface area contributed by atoms with Crippen molar-refractivity contribution in [3.8, 4) is 17.1 Å². The molecule has 2 aromatic rings. The van der Waals surface area contributed by atoms with Crippen molar-refractivity contribution < 1.29 is 19.7 Å². The highest BCUT2D eigenvalue weighted by Crippen LogP contribution is 2.33. The van der Waals surface area contributed by atoms with Gasteiger partial charge in [-0.15, -0.1) is 0 Å². The molecule has 0 aliphatic carbocycles. The van der Waals surface area contributed by atoms with Crippen LogP contribution >= 0.6 is 0 Å². The zero-order valence-electron chi connectivity index (χ0n) is 11.6. The van der Waals surface area contributed by atoms with Crippen LogP contribution in [0, 0.1) is 0 Å². The summed E-state index contributed by atoms with van der Waals surface area (Å²) in [5.74, 6) is 0.186. The number of benzene rings is 1. The van der Waals surface area contributed by atoms with Crippen molar-refractivity contribution >= 4 is 5.97 Å². The molecule has 2 N–H and O–H groups in total. The summed E-state index contributed by atoms with van der Waals surface area (Å²) in [5.41, 5.74) is 1.14. The maximum Gasteiger partial charge on any atom is 0.356 e. The Bertz CT molecular complexity index is 676. The number of fused-ring (bicyclic) bond motifs is 1. The number of aromatic carboxylic acids is 1. The molecule has 1 aromatic heterocycles. The van der Waals surface area contributed by atoms with Crippen LogP contribution in [0.15, 0.2) is 24.3 Å². The Balaban J connectivity index is 2.14. The molecular formula is C15H16N2O4. The molecule has 6 nitrogen and oxygen atoms in total. The molecule has 0 amide bonds. The summed E-state index contributed by atoms with van der Waals surface area (Å²) in [7, 11) is 1.59. The van der Waals surface area contributed by atoms with Crippen molar-refractivity contribution in [2.75, 3.05) is 7.11 Å². The minimum Gasteiger partial charge on any atom is -0.497 e. The monoisotopic (exact) mass is 288 g/mol. The lowest BCUT2D eigenvalue weighted by atomic mass is 10.0. The minimum absolute atomic E-state index is 0.0620. The zero-order chi connectivity index (χ0) is 15.0. The van der Waals surface area contributed by atoms with Crippen molar-refractivity contribution in [2.24, 2.45) is 0 Å². The van der Waals surface area contributed by atoms with Crippen LogP contribution in [0.2, 0.25) is 0 Å². The predicted octanol–water partition coefficient (Wildman–Crippen LogP) is 2.08. The van der Waals surface area contributed by atoms with E-state index in [2.05, 4.69) is 4.98 Å². The molecule has 1 aliphatic rings. The van der Waals surface area contributed by atoms with E-state index in [0.29, 0.717) is 24.5 Å². The van der Waals surface area contributed by atoms with Crippen molar-refractivity contribution in [1.29, 1.82) is 0 Å². The highest BCUT2D eigenvalue weighted by atomic mass is 16.5. The average Bonchev–Trinajstić information content (AvgIpc) is 2.88. The lowest BCUT2D eigenvalue weighted by molar-refractivity contribution is 0.0677. The smallest absolute Gasteiger partial charge is 0.356 e. The number of aliphatic hydroxyl groups is 1. The summed E-state index contributed by atoms with van der Waals surface area (Å²) in [4.78, 5) is 15.6. The molecule has 1 unspecified atom stereocenters. The third kappa shape index (κ3) is 2.27. The number of methoxy groups -OCH3 is 1. The van der Waals surface area contributed by atoms with Crippen LogP contribution in [0.25, 0.3) is 11.4 Å². The highest BCUT2D eigenvalue weighted by molar-refractivity contribution is 5.88. The first-order valence-electron chi connectivity index (χ1n) is 6.78. The fourth-order valence-electron chi connectivity index (χ4n) is 2.73. The first kappa shape index (κ1) is 13.6. The molecule has 1 aliphatic heterocycles. The van der Waals surface area contributed by atoms with Gasteiger partial charge in [0.25, 0.3) is 0 Å². The van der Waals surface area contributed by atoms with E-state index in [1.54, 1.807) is 23.8 Å². The van der Waals surface area contributed by atoms with E-state index in [1.165, 1.54) is 0 Å². The lowest BCUT2D eigenvalue weighted by Crippen LogP contribution is -2.18. The van der Waals surface area contributed by atoms with Gasteiger partial charge in [-0.1, -0.05) is 0 Å². The predicted molar refractivity (Wildman–Crippen MR) is 75.4 cm³/mol. The second-order valence-electron chi connectivity index (χ2n) is 5.01. The highest BCUT2D eigenvalue weighted by Gasteiger charge is 2.30. The second kappa shape index (κ2) is 5.21. The summed E-state index contributed by atoms with van der Waals surface area (Å²) < 4.78 is 6.92. The van der Waals surface area contributed by atoms with E-state index in [1.807, 2.05) is 12.1 Å². The number of carboxylic acid groups (broad SMARTS) is 1. The van der Waals surface area contributed by atoms with Gasteiger partial charge < -0.3 is 19.5 Å². The van der Waals surface area contributed by atoms with Crippen LogP contribution in [-0.2, 0) is 6.54 Å². The molecule has 1 aromatic carbocycles. The van der Waals surface area contributed by atoms with E-state index >= 15 is 0 Å². The fourth-order valence-corrected chi connectivity index (χ4v) is 2.73. The molecule has 0 saturated carbocycles. The average molecular weight is 288 g/mol. The van der Waals surface area contributed by atoms with E-state index in [9.17, 15) is 15.0 Å². The van der Waals surface area contributed by atoms with Gasteiger partial charge in [-0.3, -0.25) is 0 Å². The maximum atomic E-state index is 11.4. The van der Waals surface area contributed by atoms with E-state index < -0.39 is 12.1 Å². The van der Waals surface area contributed by atoms with Gasteiger partial charge in [-0.25, -0.2) is 9.78 Å². The molecule has 3 rings (SSSR count). The van der Waals surface area contributed by atoms with Gasteiger partial charge in [0.1, 0.15) is 11.6 Å². The molecule has 0 fully saturated rings. The van der Waals surface area contributed by atoms with Gasteiger partial charge in [0.05, 0.1) is 18.9 Å². The summed E-state index contributed by atoms with van der Waals surface area (Å²) in [6.45, 7) is 0.661. The third-order valence-corrected chi connectivity index (χ3v) is 3.73. The van der Waals surface area contributed by atoms with Crippen LogP contribution in [0.4, 0.5) is 0 Å². The summed E-state index contributed by atoms with van der Waals surface area (Å²) >= 11 is 0. The molecule has 0 radical (unpaired) electrons. The third-order valence-electron chi connectivity index (χ3n) is 3.73. The molecule has 21 heavy (non-hydrogen) atoms. The fraction of sp³-hybridized carbons (Fsp3) is 0.333. The van der Waals surface area contributed by atoms with Crippen LogP contribution in [0.1, 0.15) is 35.1 Å². The molecule has 110 valence electrons. The van der Waals surface area contributed by atoms with Gasteiger partial charge in [0, 0.05) is 12.1 Å². The van der Waals surface area contributed by atoms with Gasteiger partial charge >= 0.3 is 5.97 Å². The van der Waals surface area contributed by atoms with Crippen LogP contribution in [0.3, 0.4) is 0 Å². The summed E-state index contributed by atoms with van der Waals surface area (Å²) in [5, 5.41) is 19.4. The Morgan fingerprint density at radius 2 is 2.10 bits per heavy atom. The Labute approximate surface area is 121 Å². The quantitative estimate of drug-likeness (QED) is 0.903. The minimum atomic E-state index is -1.11. The molecule has 1 atom stereocenters. The second-order valence-corrected chi connectivity index (χ2v) is 5.01. The summed E-state index contributed by atoms with van der Waals surface area (Å²) in [6, 6.07) is 7.27. The molecule has 6 heteroatoms. The molecule has 0 spiro atoms. The number of nitrogens with zero attached hydrogens (tertiary/aromatic N) is 2. The molecular weight excluding hydrogens is 272 g/mol. The standard InChI is InChI=1S/C15H16N2O4/c1-21-10-6-4-9(5-7-10)14-16-12(15(19)20)13-11(18)3-2-8-17(13)14/h4-7,11,18H,2-3,8H2,1H3,(H,19,20). The topological polar surface area (TPSA) is 84.6 Å². The zero-order valence-corrected chi connectivity index (χ0v) is 11.6. The number of hydrogen-bond acceptors (Lipinski definition) is 4. The Morgan fingerprint density at radius 3 is 2.71 bits per heavy atom. The number of ether oxygens (including phenoxy) is 1. The number of aromatic nitrogens is 2. The number of rotatable bonds is 3. The molecule has 0 bridgehead atoms. The van der Waals surface area contributed by atoms with Crippen molar-refractivity contribution in [1.82, 2.24) is 9.55 Å². The SMILES string of the molecule is COc1ccc(-c2nc(C(=O)O)c3n2CCCC3O)cc1. The number of imidazole rings is 1. The molecule has 2 heterocycles. The van der Waals surface area contributed by atoms with Crippen LogP contribution in [-0.4, -0.2) is 32.8 Å². The normalized spacial score (nSPS) is 17.3. The van der Waals surface area contributed by atoms with Crippen molar-refractivity contribution in [2.45, 2.75) is 25.5 Å². The number of carboxylic acids is 1. The first-order valence-corrected chi connectivity index (χ1v) is 6.78. The largest absolute Gasteiger partial charge is 0.497 e. The van der Waals surface area contributed by atoms with Gasteiger partial charge in [-0.2, -0.15) is 0 Å². The first-order chi connectivity index (χ1) is 10.1. The van der Waals surface area contributed by atoms with Gasteiger partial charge in [-0.05, 0) is 37.1 Å². The van der Waals surface area contributed by atoms with Crippen molar-refractivity contribution in [3.05, 3.63) is 35.7 Å². The van der Waals surface area contributed by atoms with Crippen LogP contribution < -0.4 is 4.74 Å². The number of carbonyl (C=O) groups is 1. The van der Waals surface area contributed by atoms with Crippen molar-refractivity contribution in [3.63, 3.8) is 0 Å². The Hall–Kier alpha value is -2.34. The van der Waals surface area contributed by atoms with E-state index in [0.717, 1.165) is 17.7 Å². The lowest BCUT2D eigenvalue weighted by Gasteiger charge is -2.21. The number of aliphatic hydroxyl groups excluding tert-OH is 1.